The fraction of sp³-hybridized carbons (Fsp3) is 0. The summed E-state index contributed by atoms with van der Waals surface area (Å²) < 4.78 is 10.1. The SMILES string of the molecule is Nc1ccc([S+]=O)cc1. The molecule has 0 aliphatic heterocycles. The van der Waals surface area contributed by atoms with E-state index in [4.69, 9.17) is 5.73 Å². The third-order valence-corrected chi connectivity index (χ3v) is 1.44. The van der Waals surface area contributed by atoms with E-state index in [1.165, 1.54) is 0 Å². The summed E-state index contributed by atoms with van der Waals surface area (Å²) >= 11 is 0.472. The number of hydrogen-bond acceptors (Lipinski definition) is 2. The second-order valence-corrected chi connectivity index (χ2v) is 2.29. The van der Waals surface area contributed by atoms with Crippen molar-refractivity contribution in [3.8, 4) is 0 Å². The van der Waals surface area contributed by atoms with Crippen molar-refractivity contribution in [3.63, 3.8) is 0 Å². The molecule has 0 amide bonds. The van der Waals surface area contributed by atoms with E-state index in [0.29, 0.717) is 22.2 Å². The Labute approximate surface area is 57.2 Å². The molecule has 0 spiro atoms. The van der Waals surface area contributed by atoms with Crippen LogP contribution in [0.5, 0.6) is 0 Å². The Morgan fingerprint density at radius 2 is 1.78 bits per heavy atom. The molecule has 2 N–H and O–H groups in total. The van der Waals surface area contributed by atoms with Gasteiger partial charge in [-0.1, -0.05) is 0 Å². The van der Waals surface area contributed by atoms with Gasteiger partial charge in [0.05, 0.1) is 0 Å². The summed E-state index contributed by atoms with van der Waals surface area (Å²) in [5, 5.41) is 0. The van der Waals surface area contributed by atoms with Crippen LogP contribution >= 0.6 is 0 Å². The van der Waals surface area contributed by atoms with Crippen LogP contribution in [0.25, 0.3) is 0 Å². The van der Waals surface area contributed by atoms with Crippen LogP contribution < -0.4 is 5.73 Å². The molecule has 0 aromatic heterocycles. The quantitative estimate of drug-likeness (QED) is 0.468. The van der Waals surface area contributed by atoms with Gasteiger partial charge in [-0.2, -0.15) is 0 Å². The van der Waals surface area contributed by atoms with Gasteiger partial charge in [0, 0.05) is 22.0 Å². The molecule has 0 saturated carbocycles. The molecule has 9 heavy (non-hydrogen) atoms. The highest BCUT2D eigenvalue weighted by Gasteiger charge is 2.01. The minimum Gasteiger partial charge on any atom is -0.399 e. The Morgan fingerprint density at radius 1 is 1.22 bits per heavy atom. The van der Waals surface area contributed by atoms with Gasteiger partial charge in [-0.25, -0.2) is 0 Å². The highest BCUT2D eigenvalue weighted by molar-refractivity contribution is 7.65. The average molecular weight is 140 g/mol. The molecule has 0 aliphatic rings. The molecule has 0 unspecified atom stereocenters. The summed E-state index contributed by atoms with van der Waals surface area (Å²) in [5.41, 5.74) is 6.06. The minimum atomic E-state index is 0.472. The van der Waals surface area contributed by atoms with E-state index in [-0.39, 0.29) is 0 Å². The average Bonchev–Trinajstić information content (AvgIpc) is 1.90. The Kier molecular flexibility index (Phi) is 1.75. The normalized spacial score (nSPS) is 8.89. The van der Waals surface area contributed by atoms with Crippen molar-refractivity contribution in [2.45, 2.75) is 4.90 Å². The Morgan fingerprint density at radius 3 is 2.22 bits per heavy atom. The van der Waals surface area contributed by atoms with Crippen molar-refractivity contribution in [2.75, 3.05) is 5.73 Å². The van der Waals surface area contributed by atoms with Gasteiger partial charge in [0.2, 0.25) is 0 Å². The first kappa shape index (κ1) is 6.16. The Balaban J connectivity index is 3.01. The van der Waals surface area contributed by atoms with Crippen molar-refractivity contribution in [1.82, 2.24) is 0 Å². The summed E-state index contributed by atoms with van der Waals surface area (Å²) in [6.07, 6.45) is 0. The number of nitrogens with two attached hydrogens (primary N) is 1. The third kappa shape index (κ3) is 1.47. The second kappa shape index (κ2) is 2.55. The largest absolute Gasteiger partial charge is 0.505 e. The number of anilines is 1. The maximum atomic E-state index is 10.1. The lowest BCUT2D eigenvalue weighted by molar-refractivity contribution is 0.605. The van der Waals surface area contributed by atoms with Crippen LogP contribution in [0.4, 0.5) is 5.69 Å². The predicted octanol–water partition coefficient (Wildman–Crippen LogP) is 1.06. The lowest BCUT2D eigenvalue weighted by Crippen LogP contribution is -1.82. The highest BCUT2D eigenvalue weighted by Crippen LogP contribution is 2.04. The molecule has 1 aromatic carbocycles. The summed E-state index contributed by atoms with van der Waals surface area (Å²) in [6, 6.07) is 6.82. The molecule has 3 heteroatoms. The molecule has 1 aromatic rings. The van der Waals surface area contributed by atoms with Crippen LogP contribution in [0.2, 0.25) is 0 Å². The van der Waals surface area contributed by atoms with E-state index in [1.54, 1.807) is 24.3 Å². The van der Waals surface area contributed by atoms with Gasteiger partial charge in [0.25, 0.3) is 4.90 Å². The van der Waals surface area contributed by atoms with Gasteiger partial charge in [-0.05, 0) is 12.1 Å². The molecule has 0 radical (unpaired) electrons. The smallest absolute Gasteiger partial charge is 0.399 e. The van der Waals surface area contributed by atoms with Crippen LogP contribution in [0.1, 0.15) is 0 Å². The first-order valence-electron chi connectivity index (χ1n) is 2.48. The molecule has 0 fully saturated rings. The molecule has 0 atom stereocenters. The number of rotatable bonds is 1. The fourth-order valence-corrected chi connectivity index (χ4v) is 0.771. The van der Waals surface area contributed by atoms with Crippen LogP contribution in [0.15, 0.2) is 29.2 Å². The van der Waals surface area contributed by atoms with Crippen LogP contribution in [-0.2, 0) is 15.9 Å². The maximum absolute atomic E-state index is 10.1. The molecule has 2 nitrogen and oxygen atoms in total. The topological polar surface area (TPSA) is 43.1 Å². The molecule has 0 saturated heterocycles. The summed E-state index contributed by atoms with van der Waals surface area (Å²) in [7, 11) is 0. The minimum absolute atomic E-state index is 0.472. The predicted molar refractivity (Wildman–Crippen MR) is 37.2 cm³/mol. The van der Waals surface area contributed by atoms with Gasteiger partial charge in [0.15, 0.2) is 0 Å². The van der Waals surface area contributed by atoms with Gasteiger partial charge in [-0.3, -0.25) is 0 Å². The monoisotopic (exact) mass is 140 g/mol. The van der Waals surface area contributed by atoms with E-state index in [0.717, 1.165) is 0 Å². The zero-order chi connectivity index (χ0) is 6.69. The van der Waals surface area contributed by atoms with Crippen molar-refractivity contribution in [1.29, 1.82) is 0 Å². The summed E-state index contributed by atoms with van der Waals surface area (Å²) in [5.74, 6) is 0. The van der Waals surface area contributed by atoms with Crippen LogP contribution in [0, 0.1) is 0 Å². The maximum Gasteiger partial charge on any atom is 0.505 e. The lowest BCUT2D eigenvalue weighted by Gasteiger charge is -1.83. The molecule has 46 valence electrons. The van der Waals surface area contributed by atoms with Gasteiger partial charge in [-0.15, -0.1) is 0 Å². The van der Waals surface area contributed by atoms with E-state index in [1.807, 2.05) is 0 Å². The lowest BCUT2D eigenvalue weighted by atomic mass is 10.3. The van der Waals surface area contributed by atoms with Gasteiger partial charge >= 0.3 is 11.7 Å². The summed E-state index contributed by atoms with van der Waals surface area (Å²) in [4.78, 5) is 0.698. The molecular formula is C6H6NOS+. The number of benzene rings is 1. The van der Waals surface area contributed by atoms with Crippen molar-refractivity contribution in [3.05, 3.63) is 24.3 Å². The van der Waals surface area contributed by atoms with Crippen molar-refractivity contribution in [2.24, 2.45) is 0 Å². The van der Waals surface area contributed by atoms with Gasteiger partial charge < -0.3 is 5.73 Å². The van der Waals surface area contributed by atoms with E-state index < -0.39 is 0 Å². The fourth-order valence-electron chi connectivity index (χ4n) is 0.523. The van der Waals surface area contributed by atoms with Crippen molar-refractivity contribution < 1.29 is 4.21 Å². The second-order valence-electron chi connectivity index (χ2n) is 1.65. The third-order valence-electron chi connectivity index (χ3n) is 0.976. The molecular weight excluding hydrogens is 134 g/mol. The number of nitrogen functional groups attached to an aromatic ring is 1. The highest BCUT2D eigenvalue weighted by atomic mass is 32.1. The first-order chi connectivity index (χ1) is 4.33. The summed E-state index contributed by atoms with van der Waals surface area (Å²) in [6.45, 7) is 0. The van der Waals surface area contributed by atoms with Crippen LogP contribution in [0.3, 0.4) is 0 Å². The molecule has 0 heterocycles. The number of hydrogen-bond donors (Lipinski definition) is 1. The molecule has 0 aliphatic carbocycles. The van der Waals surface area contributed by atoms with Crippen molar-refractivity contribution >= 4 is 17.4 Å². The molecule has 0 bridgehead atoms. The Bertz CT molecular complexity index is 207. The van der Waals surface area contributed by atoms with E-state index >= 15 is 0 Å². The zero-order valence-electron chi connectivity index (χ0n) is 4.70. The Hall–Kier alpha value is -0.960. The molecule has 1 rings (SSSR count). The van der Waals surface area contributed by atoms with E-state index in [9.17, 15) is 4.21 Å². The van der Waals surface area contributed by atoms with E-state index in [2.05, 4.69) is 0 Å². The van der Waals surface area contributed by atoms with Gasteiger partial charge in [0.1, 0.15) is 0 Å². The first-order valence-corrected chi connectivity index (χ1v) is 3.22. The van der Waals surface area contributed by atoms with Crippen LogP contribution in [-0.4, -0.2) is 0 Å². The zero-order valence-corrected chi connectivity index (χ0v) is 5.52. The standard InChI is InChI=1S/C6H6NOS/c7-5-1-3-6(9-8)4-2-5/h1-4H,7H2/q+1.